The highest BCUT2D eigenvalue weighted by molar-refractivity contribution is 7.90. The van der Waals surface area contributed by atoms with Gasteiger partial charge in [-0.3, -0.25) is 0 Å². The van der Waals surface area contributed by atoms with Gasteiger partial charge in [0, 0.05) is 24.8 Å². The Kier molecular flexibility index (Phi) is 6.49. The number of piperidine rings is 1. The fraction of sp³-hybridized carbons (Fsp3) is 0.588. The molecule has 0 bridgehead atoms. The van der Waals surface area contributed by atoms with Crippen LogP contribution in [0.25, 0.3) is 0 Å². The minimum absolute atomic E-state index is 0.243. The van der Waals surface area contributed by atoms with Crippen LogP contribution in [0.3, 0.4) is 0 Å². The number of benzene rings is 1. The first-order valence-electron chi connectivity index (χ1n) is 8.70. The highest BCUT2D eigenvalue weighted by Gasteiger charge is 2.33. The monoisotopic (exact) mass is 423 g/mol. The van der Waals surface area contributed by atoms with Crippen molar-refractivity contribution < 1.29 is 31.1 Å². The smallest absolute Gasteiger partial charge is 0.406 e. The molecule has 1 aromatic rings. The van der Waals surface area contributed by atoms with Crippen LogP contribution in [0.5, 0.6) is 5.75 Å². The van der Waals surface area contributed by atoms with Crippen LogP contribution in [-0.2, 0) is 10.0 Å². The number of amides is 2. The standard InChI is InChI=1S/C17H24F3N3O4S/c1-16(2,3)28(25,26)22-13-8-10-23(11-9-13)15(24)21-12-4-6-14(7-5-12)27-17(18,19)20/h4-7,13,22H,8-11H2,1-3H3,(H,21,24). The Labute approximate surface area is 162 Å². The number of hydrogen-bond donors (Lipinski definition) is 2. The molecule has 7 nitrogen and oxygen atoms in total. The normalized spacial score (nSPS) is 16.7. The van der Waals surface area contributed by atoms with Crippen molar-refractivity contribution in [2.75, 3.05) is 18.4 Å². The summed E-state index contributed by atoms with van der Waals surface area (Å²) in [4.78, 5) is 13.8. The maximum Gasteiger partial charge on any atom is 0.573 e. The molecule has 0 aliphatic carbocycles. The Hall–Kier alpha value is -2.01. The second-order valence-electron chi connectivity index (χ2n) is 7.50. The molecular formula is C17H24F3N3O4S. The number of likely N-dealkylation sites (tertiary alicyclic amines) is 1. The number of nitrogens with one attached hydrogen (secondary N) is 2. The van der Waals surface area contributed by atoms with Gasteiger partial charge in [-0.1, -0.05) is 0 Å². The van der Waals surface area contributed by atoms with Gasteiger partial charge < -0.3 is 15.0 Å². The summed E-state index contributed by atoms with van der Waals surface area (Å²) in [5.41, 5.74) is 0.329. The molecule has 0 atom stereocenters. The lowest BCUT2D eigenvalue weighted by Crippen LogP contribution is -2.50. The number of anilines is 1. The minimum Gasteiger partial charge on any atom is -0.406 e. The van der Waals surface area contributed by atoms with Crippen LogP contribution in [0.4, 0.5) is 23.7 Å². The van der Waals surface area contributed by atoms with E-state index in [4.69, 9.17) is 0 Å². The summed E-state index contributed by atoms with van der Waals surface area (Å²) in [6, 6.07) is 4.19. The predicted octanol–water partition coefficient (Wildman–Crippen LogP) is 3.30. The first-order valence-corrected chi connectivity index (χ1v) is 10.2. The van der Waals surface area contributed by atoms with Gasteiger partial charge in [-0.2, -0.15) is 0 Å². The highest BCUT2D eigenvalue weighted by atomic mass is 32.2. The summed E-state index contributed by atoms with van der Waals surface area (Å²) in [7, 11) is -3.46. The molecule has 0 unspecified atom stereocenters. The Bertz CT molecular complexity index is 781. The summed E-state index contributed by atoms with van der Waals surface area (Å²) in [6.07, 6.45) is -3.83. The molecule has 11 heteroatoms. The molecule has 1 heterocycles. The number of carbonyl (C=O) groups excluding carboxylic acids is 1. The topological polar surface area (TPSA) is 87.7 Å². The molecule has 0 spiro atoms. The van der Waals surface area contributed by atoms with E-state index in [1.807, 2.05) is 0 Å². The van der Waals surface area contributed by atoms with Crippen molar-refractivity contribution in [2.45, 2.75) is 50.8 Å². The third-order valence-corrected chi connectivity index (χ3v) is 6.51. The zero-order chi connectivity index (χ0) is 21.2. The van der Waals surface area contributed by atoms with Crippen LogP contribution >= 0.6 is 0 Å². The van der Waals surface area contributed by atoms with E-state index in [0.29, 0.717) is 31.6 Å². The van der Waals surface area contributed by atoms with Gasteiger partial charge in [-0.25, -0.2) is 17.9 Å². The highest BCUT2D eigenvalue weighted by Crippen LogP contribution is 2.24. The number of urea groups is 1. The number of hydrogen-bond acceptors (Lipinski definition) is 4. The number of rotatable bonds is 4. The molecule has 2 N–H and O–H groups in total. The SMILES string of the molecule is CC(C)(C)S(=O)(=O)NC1CCN(C(=O)Nc2ccc(OC(F)(F)F)cc2)CC1. The molecule has 0 aromatic heterocycles. The molecule has 1 aliphatic heterocycles. The van der Waals surface area contributed by atoms with Crippen molar-refractivity contribution in [1.29, 1.82) is 0 Å². The van der Waals surface area contributed by atoms with E-state index >= 15 is 0 Å². The lowest BCUT2D eigenvalue weighted by atomic mass is 10.1. The molecule has 0 radical (unpaired) electrons. The maximum absolute atomic E-state index is 12.3. The van der Waals surface area contributed by atoms with Crippen LogP contribution < -0.4 is 14.8 Å². The summed E-state index contributed by atoms with van der Waals surface area (Å²) in [5, 5.41) is 2.60. The molecule has 1 saturated heterocycles. The number of ether oxygens (including phenoxy) is 1. The average Bonchev–Trinajstić information content (AvgIpc) is 2.54. The number of nitrogens with zero attached hydrogens (tertiary/aromatic N) is 1. The molecule has 2 amide bonds. The van der Waals surface area contributed by atoms with Gasteiger partial charge in [0.15, 0.2) is 0 Å². The molecule has 0 saturated carbocycles. The van der Waals surface area contributed by atoms with E-state index in [0.717, 1.165) is 12.1 Å². The van der Waals surface area contributed by atoms with Crippen LogP contribution in [0.1, 0.15) is 33.6 Å². The van der Waals surface area contributed by atoms with E-state index in [-0.39, 0.29) is 11.8 Å². The quantitative estimate of drug-likeness (QED) is 0.778. The van der Waals surface area contributed by atoms with Crippen molar-refractivity contribution in [3.05, 3.63) is 24.3 Å². The third kappa shape index (κ3) is 6.26. The van der Waals surface area contributed by atoms with Gasteiger partial charge in [0.05, 0.1) is 4.75 Å². The van der Waals surface area contributed by atoms with Crippen LogP contribution in [0, 0.1) is 0 Å². The fourth-order valence-electron chi connectivity index (χ4n) is 2.54. The van der Waals surface area contributed by atoms with Crippen molar-refractivity contribution in [1.82, 2.24) is 9.62 Å². The zero-order valence-corrected chi connectivity index (χ0v) is 16.7. The van der Waals surface area contributed by atoms with Gasteiger partial charge in [-0.15, -0.1) is 13.2 Å². The molecule has 28 heavy (non-hydrogen) atoms. The lowest BCUT2D eigenvalue weighted by Gasteiger charge is -2.33. The van der Waals surface area contributed by atoms with E-state index in [1.54, 1.807) is 20.8 Å². The molecule has 1 fully saturated rings. The van der Waals surface area contributed by atoms with E-state index < -0.39 is 27.2 Å². The molecule has 158 valence electrons. The van der Waals surface area contributed by atoms with Gasteiger partial charge in [-0.05, 0) is 57.9 Å². The number of halogens is 3. The van der Waals surface area contributed by atoms with E-state index in [9.17, 15) is 26.4 Å². The number of sulfonamides is 1. The van der Waals surface area contributed by atoms with Gasteiger partial charge in [0.25, 0.3) is 0 Å². The Morgan fingerprint density at radius 3 is 2.11 bits per heavy atom. The minimum atomic E-state index is -4.77. The summed E-state index contributed by atoms with van der Waals surface area (Å²) < 4.78 is 66.4. The van der Waals surface area contributed by atoms with E-state index in [2.05, 4.69) is 14.8 Å². The zero-order valence-electron chi connectivity index (χ0n) is 15.8. The Morgan fingerprint density at radius 1 is 1.11 bits per heavy atom. The Morgan fingerprint density at radius 2 is 1.64 bits per heavy atom. The van der Waals surface area contributed by atoms with Crippen LogP contribution in [0.15, 0.2) is 24.3 Å². The molecule has 2 rings (SSSR count). The molecule has 1 aliphatic rings. The van der Waals surface area contributed by atoms with Crippen LogP contribution in [0.2, 0.25) is 0 Å². The van der Waals surface area contributed by atoms with Gasteiger partial charge in [0.1, 0.15) is 5.75 Å². The summed E-state index contributed by atoms with van der Waals surface area (Å²) >= 11 is 0. The van der Waals surface area contributed by atoms with Crippen LogP contribution in [-0.4, -0.2) is 49.6 Å². The van der Waals surface area contributed by atoms with Crippen molar-refractivity contribution >= 4 is 21.7 Å². The van der Waals surface area contributed by atoms with E-state index in [1.165, 1.54) is 17.0 Å². The molecular weight excluding hydrogens is 399 g/mol. The van der Waals surface area contributed by atoms with Crippen molar-refractivity contribution in [3.8, 4) is 5.75 Å². The van der Waals surface area contributed by atoms with Gasteiger partial charge >= 0.3 is 12.4 Å². The van der Waals surface area contributed by atoms with Crippen molar-refractivity contribution in [2.24, 2.45) is 0 Å². The number of carbonyl (C=O) groups is 1. The average molecular weight is 423 g/mol. The first kappa shape index (κ1) is 22.3. The Balaban J connectivity index is 1.85. The summed E-state index contributed by atoms with van der Waals surface area (Å²) in [6.45, 7) is 5.56. The lowest BCUT2D eigenvalue weighted by molar-refractivity contribution is -0.274. The van der Waals surface area contributed by atoms with Crippen molar-refractivity contribution in [3.63, 3.8) is 0 Å². The first-order chi connectivity index (χ1) is 12.8. The summed E-state index contributed by atoms with van der Waals surface area (Å²) in [5.74, 6) is -0.377. The molecule has 1 aromatic carbocycles. The maximum atomic E-state index is 12.3. The largest absolute Gasteiger partial charge is 0.573 e. The van der Waals surface area contributed by atoms with Gasteiger partial charge in [0.2, 0.25) is 10.0 Å². The second kappa shape index (κ2) is 8.16. The third-order valence-electron chi connectivity index (χ3n) is 4.25. The second-order valence-corrected chi connectivity index (χ2v) is 9.96. The number of alkyl halides is 3. The fourth-order valence-corrected chi connectivity index (χ4v) is 3.57. The predicted molar refractivity (Wildman–Crippen MR) is 98.5 cm³/mol.